The Morgan fingerprint density at radius 2 is 1.85 bits per heavy atom. The molecule has 0 fully saturated rings. The first-order valence-corrected chi connectivity index (χ1v) is 10.4. The summed E-state index contributed by atoms with van der Waals surface area (Å²) in [5.41, 5.74) is 1.63. The maximum absolute atomic E-state index is 13.3. The molecule has 4 aromatic rings. The third-order valence-electron chi connectivity index (χ3n) is 5.77. The molecular weight excluding hydrogens is 446 g/mol. The summed E-state index contributed by atoms with van der Waals surface area (Å²) >= 11 is 0. The van der Waals surface area contributed by atoms with Gasteiger partial charge >= 0.3 is 6.43 Å². The fourth-order valence-electron chi connectivity index (χ4n) is 3.94. The van der Waals surface area contributed by atoms with Crippen LogP contribution in [0.25, 0.3) is 22.8 Å². The Balaban J connectivity index is 1.43. The van der Waals surface area contributed by atoms with E-state index in [0.717, 1.165) is 10.5 Å². The highest BCUT2D eigenvalue weighted by atomic mass is 19.3. The van der Waals surface area contributed by atoms with Crippen LogP contribution in [-0.4, -0.2) is 31.9 Å². The number of imide groups is 1. The lowest BCUT2D eigenvalue weighted by atomic mass is 9.76. The first-order valence-electron chi connectivity index (χ1n) is 10.4. The van der Waals surface area contributed by atoms with Crippen molar-refractivity contribution in [3.8, 4) is 22.8 Å². The lowest BCUT2D eigenvalue weighted by Gasteiger charge is -2.37. The van der Waals surface area contributed by atoms with Crippen molar-refractivity contribution in [3.05, 3.63) is 77.6 Å². The van der Waals surface area contributed by atoms with Gasteiger partial charge in [-0.25, -0.2) is 0 Å². The van der Waals surface area contributed by atoms with Crippen molar-refractivity contribution in [1.29, 1.82) is 0 Å². The van der Waals surface area contributed by atoms with Crippen LogP contribution in [0.1, 0.15) is 47.8 Å². The van der Waals surface area contributed by atoms with E-state index in [4.69, 9.17) is 8.83 Å². The fraction of sp³-hybridized carbons (Fsp3) is 0.208. The van der Waals surface area contributed by atoms with Crippen molar-refractivity contribution in [1.82, 2.24) is 20.1 Å². The number of furan rings is 1. The van der Waals surface area contributed by atoms with Gasteiger partial charge in [0.2, 0.25) is 11.8 Å². The molecule has 0 aliphatic carbocycles. The third-order valence-corrected chi connectivity index (χ3v) is 5.77. The molecule has 0 N–H and O–H groups in total. The summed E-state index contributed by atoms with van der Waals surface area (Å²) in [6, 6.07) is 12.0. The predicted molar refractivity (Wildman–Crippen MR) is 115 cm³/mol. The second kappa shape index (κ2) is 7.98. The van der Waals surface area contributed by atoms with E-state index >= 15 is 0 Å². The van der Waals surface area contributed by atoms with Crippen LogP contribution in [0.3, 0.4) is 0 Å². The predicted octanol–water partition coefficient (Wildman–Crippen LogP) is 4.79. The summed E-state index contributed by atoms with van der Waals surface area (Å²) in [6.07, 6.45) is 0.0449. The average Bonchev–Trinajstić information content (AvgIpc) is 3.54. The third kappa shape index (κ3) is 3.57. The number of carbonyl (C=O) groups is 2. The molecule has 4 heterocycles. The van der Waals surface area contributed by atoms with E-state index in [1.54, 1.807) is 56.5 Å². The summed E-state index contributed by atoms with van der Waals surface area (Å²) in [4.78, 5) is 32.0. The molecule has 0 spiro atoms. The number of hydrogen-bond donors (Lipinski definition) is 0. The van der Waals surface area contributed by atoms with Crippen LogP contribution in [-0.2, 0) is 16.8 Å². The Bertz CT molecular complexity index is 1380. The minimum atomic E-state index is -2.87. The Labute approximate surface area is 192 Å². The summed E-state index contributed by atoms with van der Waals surface area (Å²) in [7, 11) is 0. The smallest absolute Gasteiger partial charge is 0.314 e. The normalized spacial score (nSPS) is 15.1. The quantitative estimate of drug-likeness (QED) is 0.391. The first kappa shape index (κ1) is 21.6. The highest BCUT2D eigenvalue weighted by molar-refractivity contribution is 6.13. The number of fused-ring (bicyclic) bond motifs is 1. The van der Waals surface area contributed by atoms with Gasteiger partial charge in [-0.15, -0.1) is 10.2 Å². The fourth-order valence-corrected chi connectivity index (χ4v) is 3.94. The Hall–Kier alpha value is -4.21. The Morgan fingerprint density at radius 1 is 1.06 bits per heavy atom. The van der Waals surface area contributed by atoms with Crippen LogP contribution in [0.15, 0.2) is 63.8 Å². The summed E-state index contributed by atoms with van der Waals surface area (Å²) in [6.45, 7) is 3.48. The highest BCUT2D eigenvalue weighted by Crippen LogP contribution is 2.37. The zero-order valence-corrected chi connectivity index (χ0v) is 18.2. The van der Waals surface area contributed by atoms with Crippen LogP contribution >= 0.6 is 0 Å². The number of amides is 2. The van der Waals surface area contributed by atoms with E-state index in [9.17, 15) is 18.4 Å². The summed E-state index contributed by atoms with van der Waals surface area (Å²) in [5.74, 6) is -1.04. The van der Waals surface area contributed by atoms with Crippen molar-refractivity contribution in [2.45, 2.75) is 32.2 Å². The van der Waals surface area contributed by atoms with Gasteiger partial charge in [-0.2, -0.15) is 8.78 Å². The number of carbonyl (C=O) groups excluding carboxylic acids is 2. The summed E-state index contributed by atoms with van der Waals surface area (Å²) < 4.78 is 35.7. The van der Waals surface area contributed by atoms with Gasteiger partial charge in [0.1, 0.15) is 5.76 Å². The minimum absolute atomic E-state index is 0.0576. The van der Waals surface area contributed by atoms with Crippen molar-refractivity contribution in [3.63, 3.8) is 0 Å². The molecule has 8 nitrogen and oxygen atoms in total. The van der Waals surface area contributed by atoms with Gasteiger partial charge in [0.15, 0.2) is 0 Å². The molecule has 172 valence electrons. The topological polar surface area (TPSA) is 102 Å². The molecule has 0 saturated heterocycles. The molecule has 0 unspecified atom stereocenters. The van der Waals surface area contributed by atoms with Gasteiger partial charge < -0.3 is 8.83 Å². The van der Waals surface area contributed by atoms with Crippen LogP contribution in [0.4, 0.5) is 8.78 Å². The van der Waals surface area contributed by atoms with Crippen LogP contribution in [0.2, 0.25) is 0 Å². The molecular formula is C24H18F2N4O4. The van der Waals surface area contributed by atoms with Gasteiger partial charge in [-0.1, -0.05) is 12.1 Å². The van der Waals surface area contributed by atoms with Crippen LogP contribution in [0.5, 0.6) is 0 Å². The lowest BCUT2D eigenvalue weighted by molar-refractivity contribution is -0.134. The number of pyridine rings is 1. The number of alkyl halides is 2. The van der Waals surface area contributed by atoms with E-state index in [2.05, 4.69) is 15.2 Å². The van der Waals surface area contributed by atoms with E-state index in [0.29, 0.717) is 28.1 Å². The molecule has 0 atom stereocenters. The van der Waals surface area contributed by atoms with E-state index < -0.39 is 23.6 Å². The molecule has 0 bridgehead atoms. The number of halogens is 2. The molecule has 3 aromatic heterocycles. The molecule has 34 heavy (non-hydrogen) atoms. The number of hydrogen-bond acceptors (Lipinski definition) is 7. The Kier molecular flexibility index (Phi) is 5.07. The number of rotatable bonds is 5. The van der Waals surface area contributed by atoms with Gasteiger partial charge in [0, 0.05) is 17.3 Å². The van der Waals surface area contributed by atoms with E-state index in [-0.39, 0.29) is 18.3 Å². The molecule has 1 aromatic carbocycles. The van der Waals surface area contributed by atoms with Gasteiger partial charge in [-0.05, 0) is 49.7 Å². The molecule has 10 heteroatoms. The molecule has 1 aliphatic rings. The maximum atomic E-state index is 13.3. The molecule has 1 aliphatic heterocycles. The highest BCUT2D eigenvalue weighted by Gasteiger charge is 2.44. The molecule has 0 saturated carbocycles. The Morgan fingerprint density at radius 3 is 2.50 bits per heavy atom. The first-order chi connectivity index (χ1) is 16.3. The zero-order valence-electron chi connectivity index (χ0n) is 18.2. The maximum Gasteiger partial charge on any atom is 0.314 e. The standard InChI is InChI=1S/C24H18F2N4O4/c1-24(2)17-8-6-13(18-4-3-9-33-18)10-16(17)22(31)30(23(24)32)12-15-7-5-14(11-27-15)20-28-29-21(34-20)19(25)26/h3-11,19H,12H2,1-2H3. The van der Waals surface area contributed by atoms with E-state index in [1.165, 1.54) is 6.20 Å². The number of nitrogens with zero attached hydrogens (tertiary/aromatic N) is 4. The zero-order chi connectivity index (χ0) is 24.0. The largest absolute Gasteiger partial charge is 0.464 e. The van der Waals surface area contributed by atoms with Crippen molar-refractivity contribution < 1.29 is 27.2 Å². The molecule has 2 amide bonds. The van der Waals surface area contributed by atoms with Crippen molar-refractivity contribution >= 4 is 11.8 Å². The molecule has 5 rings (SSSR count). The lowest BCUT2D eigenvalue weighted by Crippen LogP contribution is -2.51. The van der Waals surface area contributed by atoms with Gasteiger partial charge in [-0.3, -0.25) is 19.5 Å². The van der Waals surface area contributed by atoms with Gasteiger partial charge in [0.25, 0.3) is 11.8 Å². The van der Waals surface area contributed by atoms with Crippen LogP contribution < -0.4 is 0 Å². The van der Waals surface area contributed by atoms with E-state index in [1.807, 2.05) is 6.07 Å². The second-order valence-corrected chi connectivity index (χ2v) is 8.34. The minimum Gasteiger partial charge on any atom is -0.464 e. The average molecular weight is 464 g/mol. The van der Waals surface area contributed by atoms with Gasteiger partial charge in [0.05, 0.1) is 29.5 Å². The van der Waals surface area contributed by atoms with Crippen molar-refractivity contribution in [2.75, 3.05) is 0 Å². The van der Waals surface area contributed by atoms with Crippen molar-refractivity contribution in [2.24, 2.45) is 0 Å². The number of aromatic nitrogens is 3. The molecule has 0 radical (unpaired) electrons. The number of benzene rings is 1. The summed E-state index contributed by atoms with van der Waals surface area (Å²) in [5, 5.41) is 6.88. The second-order valence-electron chi connectivity index (χ2n) is 8.34. The SMILES string of the molecule is CC1(C)C(=O)N(Cc2ccc(-c3nnc(C(F)F)o3)cn2)C(=O)c2cc(-c3ccco3)ccc21. The monoisotopic (exact) mass is 464 g/mol. The van der Waals surface area contributed by atoms with Crippen LogP contribution in [0, 0.1) is 0 Å².